The lowest BCUT2D eigenvalue weighted by atomic mass is 9.85. The third kappa shape index (κ3) is 4.92. The number of Topliss-reactive ketones (excluding diaryl/α,β-unsaturated/α-hetero) is 1. The first kappa shape index (κ1) is 26.2. The minimum Gasteiger partial charge on any atom is -0.507 e. The van der Waals surface area contributed by atoms with Crippen LogP contribution in [0.5, 0.6) is 5.75 Å². The summed E-state index contributed by atoms with van der Waals surface area (Å²) >= 11 is 0. The van der Waals surface area contributed by atoms with E-state index < -0.39 is 17.7 Å². The molecule has 5 nitrogen and oxygen atoms in total. The Kier molecular flexibility index (Phi) is 7.00. The Morgan fingerprint density at radius 2 is 1.59 bits per heavy atom. The largest absolute Gasteiger partial charge is 0.507 e. The molecule has 1 aliphatic rings. The van der Waals surface area contributed by atoms with E-state index in [0.29, 0.717) is 23.6 Å². The summed E-state index contributed by atoms with van der Waals surface area (Å²) in [6, 6.07) is 27.6. The van der Waals surface area contributed by atoms with E-state index in [0.717, 1.165) is 28.3 Å². The van der Waals surface area contributed by atoms with E-state index >= 15 is 0 Å². The zero-order valence-electron chi connectivity index (χ0n) is 22.8. The average molecular weight is 520 g/mol. The SMILES string of the molecule is CCCOc1cccc(N2C(=O)C(=O)/C(=C(\O)c3cccc4ccccc34)C2c2ccc(C(C)(C)C)cc2)c1. The Morgan fingerprint density at radius 3 is 2.31 bits per heavy atom. The van der Waals surface area contributed by atoms with Crippen molar-refractivity contribution in [1.82, 2.24) is 0 Å². The third-order valence-corrected chi connectivity index (χ3v) is 7.15. The number of nitrogens with zero attached hydrogens (tertiary/aromatic N) is 1. The minimum absolute atomic E-state index is 0.0613. The molecule has 0 radical (unpaired) electrons. The van der Waals surface area contributed by atoms with E-state index in [1.165, 1.54) is 4.90 Å². The van der Waals surface area contributed by atoms with Crippen molar-refractivity contribution in [2.75, 3.05) is 11.5 Å². The Morgan fingerprint density at radius 1 is 0.897 bits per heavy atom. The fourth-order valence-electron chi connectivity index (χ4n) is 5.10. The highest BCUT2D eigenvalue weighted by Crippen LogP contribution is 2.44. The van der Waals surface area contributed by atoms with Crippen molar-refractivity contribution in [3.63, 3.8) is 0 Å². The summed E-state index contributed by atoms with van der Waals surface area (Å²) in [5.41, 5.74) is 2.93. The fraction of sp³-hybridized carbons (Fsp3) is 0.235. The number of benzene rings is 4. The fourth-order valence-corrected chi connectivity index (χ4v) is 5.10. The maximum Gasteiger partial charge on any atom is 0.300 e. The van der Waals surface area contributed by atoms with Gasteiger partial charge in [0.25, 0.3) is 11.7 Å². The zero-order valence-corrected chi connectivity index (χ0v) is 22.8. The highest BCUT2D eigenvalue weighted by Gasteiger charge is 2.47. The van der Waals surface area contributed by atoms with Gasteiger partial charge in [-0.1, -0.05) is 100 Å². The zero-order chi connectivity index (χ0) is 27.7. The second-order valence-electron chi connectivity index (χ2n) is 10.9. The van der Waals surface area contributed by atoms with Crippen LogP contribution in [0.25, 0.3) is 16.5 Å². The van der Waals surface area contributed by atoms with E-state index in [4.69, 9.17) is 4.74 Å². The molecule has 1 atom stereocenters. The summed E-state index contributed by atoms with van der Waals surface area (Å²) in [5.74, 6) is -0.970. The summed E-state index contributed by atoms with van der Waals surface area (Å²) < 4.78 is 5.82. The first-order valence-corrected chi connectivity index (χ1v) is 13.3. The molecule has 1 N–H and O–H groups in total. The van der Waals surface area contributed by atoms with Crippen LogP contribution in [-0.4, -0.2) is 23.4 Å². The van der Waals surface area contributed by atoms with Gasteiger partial charge in [0.05, 0.1) is 18.2 Å². The van der Waals surface area contributed by atoms with Crippen molar-refractivity contribution in [3.8, 4) is 5.75 Å². The van der Waals surface area contributed by atoms with Gasteiger partial charge in [0.2, 0.25) is 0 Å². The van der Waals surface area contributed by atoms with E-state index in [1.54, 1.807) is 18.2 Å². The van der Waals surface area contributed by atoms with Crippen LogP contribution in [0.3, 0.4) is 0 Å². The molecule has 198 valence electrons. The summed E-state index contributed by atoms with van der Waals surface area (Å²) in [7, 11) is 0. The number of amides is 1. The van der Waals surface area contributed by atoms with E-state index in [1.807, 2.05) is 79.7 Å². The van der Waals surface area contributed by atoms with E-state index in [-0.39, 0.29) is 16.7 Å². The van der Waals surface area contributed by atoms with Crippen LogP contribution in [0, 0.1) is 0 Å². The molecule has 1 aliphatic heterocycles. The summed E-state index contributed by atoms with van der Waals surface area (Å²) in [6.45, 7) is 8.97. The highest BCUT2D eigenvalue weighted by atomic mass is 16.5. The van der Waals surface area contributed by atoms with Gasteiger partial charge in [0.15, 0.2) is 0 Å². The molecule has 1 fully saturated rings. The second-order valence-corrected chi connectivity index (χ2v) is 10.9. The number of anilines is 1. The van der Waals surface area contributed by atoms with Gasteiger partial charge in [-0.05, 0) is 45.9 Å². The summed E-state index contributed by atoms with van der Waals surface area (Å²) in [5, 5.41) is 13.5. The number of aliphatic hydroxyl groups is 1. The van der Waals surface area contributed by atoms with Crippen LogP contribution in [-0.2, 0) is 15.0 Å². The van der Waals surface area contributed by atoms with Gasteiger partial charge < -0.3 is 9.84 Å². The van der Waals surface area contributed by atoms with E-state index in [2.05, 4.69) is 20.8 Å². The lowest BCUT2D eigenvalue weighted by molar-refractivity contribution is -0.132. The van der Waals surface area contributed by atoms with Crippen molar-refractivity contribution in [2.24, 2.45) is 0 Å². The lowest BCUT2D eigenvalue weighted by Crippen LogP contribution is -2.29. The third-order valence-electron chi connectivity index (χ3n) is 7.15. The summed E-state index contributed by atoms with van der Waals surface area (Å²) in [4.78, 5) is 28.8. The monoisotopic (exact) mass is 519 g/mol. The number of hydrogen-bond donors (Lipinski definition) is 1. The van der Waals surface area contributed by atoms with Crippen molar-refractivity contribution in [1.29, 1.82) is 0 Å². The van der Waals surface area contributed by atoms with Gasteiger partial charge in [-0.15, -0.1) is 0 Å². The molecule has 0 bridgehead atoms. The van der Waals surface area contributed by atoms with Crippen molar-refractivity contribution in [2.45, 2.75) is 45.6 Å². The Bertz CT molecular complexity index is 1570. The van der Waals surface area contributed by atoms with Gasteiger partial charge in [-0.25, -0.2) is 0 Å². The molecule has 0 spiro atoms. The molecule has 5 rings (SSSR count). The Labute approximate surface area is 229 Å². The van der Waals surface area contributed by atoms with Gasteiger partial charge in [0, 0.05) is 17.3 Å². The topological polar surface area (TPSA) is 66.8 Å². The van der Waals surface area contributed by atoms with Crippen LogP contribution >= 0.6 is 0 Å². The molecule has 0 saturated carbocycles. The van der Waals surface area contributed by atoms with Crippen LogP contribution in [0.1, 0.15) is 56.8 Å². The molecule has 1 unspecified atom stereocenters. The molecule has 39 heavy (non-hydrogen) atoms. The Hall–Kier alpha value is -4.38. The molecule has 1 saturated heterocycles. The highest BCUT2D eigenvalue weighted by molar-refractivity contribution is 6.51. The van der Waals surface area contributed by atoms with Gasteiger partial charge in [-0.3, -0.25) is 14.5 Å². The molecule has 4 aromatic carbocycles. The van der Waals surface area contributed by atoms with Crippen molar-refractivity contribution < 1.29 is 19.4 Å². The second kappa shape index (κ2) is 10.4. The number of hydrogen-bond acceptors (Lipinski definition) is 4. The van der Waals surface area contributed by atoms with Crippen LogP contribution < -0.4 is 9.64 Å². The number of ketones is 1. The molecule has 0 aromatic heterocycles. The quantitative estimate of drug-likeness (QED) is 0.162. The Balaban J connectivity index is 1.72. The van der Waals surface area contributed by atoms with Crippen molar-refractivity contribution in [3.05, 3.63) is 113 Å². The van der Waals surface area contributed by atoms with Crippen LogP contribution in [0.2, 0.25) is 0 Å². The molecular formula is C34H33NO4. The standard InChI is InChI=1S/C34H33NO4/c1-5-20-39-26-13-9-12-25(21-26)35-30(23-16-18-24(19-17-23)34(2,3)4)29(32(37)33(35)38)31(36)28-15-8-11-22-10-6-7-14-27(22)28/h6-19,21,30,36H,5,20H2,1-4H3/b31-29-. The normalized spacial score (nSPS) is 17.1. The first-order chi connectivity index (χ1) is 18.7. The lowest BCUT2D eigenvalue weighted by Gasteiger charge is -2.27. The maximum absolute atomic E-state index is 13.7. The molecule has 5 heteroatoms. The number of fused-ring (bicyclic) bond motifs is 1. The summed E-state index contributed by atoms with van der Waals surface area (Å²) in [6.07, 6.45) is 0.847. The number of aliphatic hydroxyl groups excluding tert-OH is 1. The number of rotatable bonds is 6. The molecular weight excluding hydrogens is 486 g/mol. The molecule has 4 aromatic rings. The number of carbonyl (C=O) groups excluding carboxylic acids is 2. The maximum atomic E-state index is 13.7. The van der Waals surface area contributed by atoms with Gasteiger partial charge in [-0.2, -0.15) is 0 Å². The molecule has 1 heterocycles. The first-order valence-electron chi connectivity index (χ1n) is 13.3. The predicted molar refractivity (Wildman–Crippen MR) is 156 cm³/mol. The smallest absolute Gasteiger partial charge is 0.300 e. The number of carbonyl (C=O) groups is 2. The molecule has 0 aliphatic carbocycles. The van der Waals surface area contributed by atoms with Gasteiger partial charge in [0.1, 0.15) is 11.5 Å². The average Bonchev–Trinajstić information content (AvgIpc) is 3.21. The van der Waals surface area contributed by atoms with Crippen LogP contribution in [0.15, 0.2) is 96.6 Å². The van der Waals surface area contributed by atoms with E-state index in [9.17, 15) is 14.7 Å². The number of ether oxygens (including phenoxy) is 1. The van der Waals surface area contributed by atoms with Crippen molar-refractivity contribution >= 4 is 33.9 Å². The predicted octanol–water partition coefficient (Wildman–Crippen LogP) is 7.55. The minimum atomic E-state index is -0.806. The van der Waals surface area contributed by atoms with Crippen LogP contribution in [0.4, 0.5) is 5.69 Å². The molecule has 1 amide bonds. The van der Waals surface area contributed by atoms with Gasteiger partial charge >= 0.3 is 0 Å².